The summed E-state index contributed by atoms with van der Waals surface area (Å²) in [6.45, 7) is 9.17. The molecule has 3 N–H and O–H groups in total. The van der Waals surface area contributed by atoms with E-state index in [9.17, 15) is 39.0 Å². The minimum absolute atomic E-state index is 0.0378. The number of hydrogen-bond donors (Lipinski definition) is 3. The molecule has 0 radical (unpaired) electrons. The average Bonchev–Trinajstić information content (AvgIpc) is 3.15. The lowest BCUT2D eigenvalue weighted by Crippen LogP contribution is -2.14. The number of ketones is 1. The molecule has 3 rings (SSSR count). The van der Waals surface area contributed by atoms with Crippen molar-refractivity contribution in [1.29, 1.82) is 0 Å². The summed E-state index contributed by atoms with van der Waals surface area (Å²) in [5.74, 6) is -5.35. The van der Waals surface area contributed by atoms with Gasteiger partial charge in [0.15, 0.2) is 17.2 Å². The molecule has 17 heteroatoms. The van der Waals surface area contributed by atoms with Gasteiger partial charge in [0.25, 0.3) is 5.91 Å². The molecule has 0 aromatic heterocycles. The van der Waals surface area contributed by atoms with Gasteiger partial charge in [-0.1, -0.05) is 12.1 Å². The Morgan fingerprint density at radius 3 is 1.43 bits per heavy atom. The van der Waals surface area contributed by atoms with E-state index in [0.29, 0.717) is 5.56 Å². The van der Waals surface area contributed by atoms with Crippen LogP contribution in [0.25, 0.3) is 0 Å². The second-order valence-corrected chi connectivity index (χ2v) is 11.4. The predicted molar refractivity (Wildman–Crippen MR) is 200 cm³/mol. The third-order valence-corrected chi connectivity index (χ3v) is 7.27. The van der Waals surface area contributed by atoms with Gasteiger partial charge in [0.2, 0.25) is 0 Å². The van der Waals surface area contributed by atoms with E-state index in [4.69, 9.17) is 18.9 Å². The number of aliphatic hydroxyl groups is 2. The summed E-state index contributed by atoms with van der Waals surface area (Å²) in [7, 11) is 0. The highest BCUT2D eigenvalue weighted by atomic mass is 16.5. The number of carbonyl (C=O) groups is 6. The summed E-state index contributed by atoms with van der Waals surface area (Å²) in [4.78, 5) is 75.3. The van der Waals surface area contributed by atoms with E-state index >= 15 is 0 Å². The lowest BCUT2D eigenvalue weighted by Gasteiger charge is -2.09. The number of azo groups is 2. The average molecular weight is 772 g/mol. The van der Waals surface area contributed by atoms with Gasteiger partial charge in [0.05, 0.1) is 48.7 Å². The number of anilines is 1. The Kier molecular flexibility index (Phi) is 16.3. The van der Waals surface area contributed by atoms with E-state index in [2.05, 4.69) is 25.8 Å². The molecule has 0 atom stereocenters. The van der Waals surface area contributed by atoms with Crippen LogP contribution in [-0.4, -0.2) is 72.2 Å². The second kappa shape index (κ2) is 21.0. The molecule has 0 aliphatic rings. The minimum Gasteiger partial charge on any atom is -0.510 e. The Labute approximate surface area is 321 Å². The van der Waals surface area contributed by atoms with Crippen LogP contribution in [0.4, 0.5) is 17.1 Å². The Hall–Kier alpha value is -7.04. The van der Waals surface area contributed by atoms with Gasteiger partial charge >= 0.3 is 23.9 Å². The van der Waals surface area contributed by atoms with Crippen LogP contribution in [0.15, 0.2) is 104 Å². The van der Waals surface area contributed by atoms with Gasteiger partial charge in [-0.05, 0) is 88.7 Å². The fourth-order valence-corrected chi connectivity index (χ4v) is 4.67. The number of benzene rings is 3. The molecule has 0 bridgehead atoms. The summed E-state index contributed by atoms with van der Waals surface area (Å²) >= 11 is 0. The number of rotatable bonds is 17. The van der Waals surface area contributed by atoms with Crippen LogP contribution in [0.5, 0.6) is 0 Å². The van der Waals surface area contributed by atoms with Crippen molar-refractivity contribution in [3.05, 3.63) is 111 Å². The maximum atomic E-state index is 13.2. The number of carbonyl (C=O) groups excluding carboxylic acids is 6. The van der Waals surface area contributed by atoms with E-state index in [1.54, 1.807) is 27.7 Å². The van der Waals surface area contributed by atoms with Crippen LogP contribution in [0.3, 0.4) is 0 Å². The molecule has 0 saturated carbocycles. The van der Waals surface area contributed by atoms with Crippen LogP contribution >= 0.6 is 0 Å². The lowest BCUT2D eigenvalue weighted by molar-refractivity contribution is -0.114. The molecule has 3 aromatic rings. The van der Waals surface area contributed by atoms with Gasteiger partial charge in [0.1, 0.15) is 22.9 Å². The molecule has 17 nitrogen and oxygen atoms in total. The van der Waals surface area contributed by atoms with E-state index in [0.717, 1.165) is 6.92 Å². The molecule has 0 aliphatic carbocycles. The number of Topliss-reactive ketones (excluding diaryl/α,β-unsaturated/α-hetero) is 1. The maximum Gasteiger partial charge on any atom is 0.340 e. The van der Waals surface area contributed by atoms with Crippen LogP contribution in [0.1, 0.15) is 88.5 Å². The molecule has 1 amide bonds. The van der Waals surface area contributed by atoms with Gasteiger partial charge in [-0.2, -0.15) is 0 Å². The number of hydrogen-bond acceptors (Lipinski definition) is 16. The zero-order valence-electron chi connectivity index (χ0n) is 31.6. The van der Waals surface area contributed by atoms with Crippen LogP contribution in [-0.2, 0) is 35.0 Å². The Balaban J connectivity index is 1.85. The SMILES string of the molecule is CCOC(=O)c1ccc(C(=O)OCC)c(N=NC(C(=O)Nc2ccc(CC(O)=C(N=Nc3cc(C(=O)OCC)ccc3C(=O)OCC)C(C)=O)cc2)=C(C)O)c1. The van der Waals surface area contributed by atoms with Crippen LogP contribution in [0, 0.1) is 0 Å². The van der Waals surface area contributed by atoms with Crippen molar-refractivity contribution in [2.24, 2.45) is 20.5 Å². The van der Waals surface area contributed by atoms with Gasteiger partial charge < -0.3 is 34.5 Å². The largest absolute Gasteiger partial charge is 0.510 e. The molecule has 294 valence electrons. The minimum atomic E-state index is -0.878. The molecule has 0 fully saturated rings. The van der Waals surface area contributed by atoms with Crippen LogP contribution < -0.4 is 5.32 Å². The first-order valence-corrected chi connectivity index (χ1v) is 17.3. The molecule has 56 heavy (non-hydrogen) atoms. The quantitative estimate of drug-likeness (QED) is 0.0395. The highest BCUT2D eigenvalue weighted by molar-refractivity contribution is 6.04. The zero-order chi connectivity index (χ0) is 41.4. The fraction of sp³-hybridized carbons (Fsp3) is 0.282. The normalized spacial score (nSPS) is 12.0. The molecular weight excluding hydrogens is 730 g/mol. The van der Waals surface area contributed by atoms with Crippen molar-refractivity contribution in [2.45, 2.75) is 48.0 Å². The molecular formula is C39H41N5O12. The van der Waals surface area contributed by atoms with Crippen molar-refractivity contribution in [1.82, 2.24) is 0 Å². The van der Waals surface area contributed by atoms with Crippen molar-refractivity contribution in [3.8, 4) is 0 Å². The van der Waals surface area contributed by atoms with Gasteiger partial charge in [0, 0.05) is 19.0 Å². The van der Waals surface area contributed by atoms with Gasteiger partial charge in [-0.15, -0.1) is 20.5 Å². The van der Waals surface area contributed by atoms with E-state index in [-0.39, 0.29) is 72.2 Å². The van der Waals surface area contributed by atoms with Gasteiger partial charge in [-0.3, -0.25) is 9.59 Å². The van der Waals surface area contributed by atoms with E-state index < -0.39 is 58.5 Å². The van der Waals surface area contributed by atoms with Gasteiger partial charge in [-0.25, -0.2) is 19.2 Å². The standard InChI is InChI=1S/C39H41N5O12/c1-7-53-36(49)25-13-17-28(38(51)55-9-3)30(20-25)41-43-33(22(5)45)32(47)19-24-11-15-27(16-12-24)40-35(48)34(23(6)46)44-42-31-21-26(37(50)54-8-2)14-18-29(31)39(52)56-10-4/h11-18,20-21,46-47H,7-10,19H2,1-6H3,(H,40,48). The third-order valence-electron chi connectivity index (χ3n) is 7.27. The highest BCUT2D eigenvalue weighted by Gasteiger charge is 2.20. The molecule has 0 saturated heterocycles. The molecule has 3 aromatic carbocycles. The second-order valence-electron chi connectivity index (χ2n) is 11.4. The fourth-order valence-electron chi connectivity index (χ4n) is 4.67. The topological polar surface area (TPSA) is 241 Å². The van der Waals surface area contributed by atoms with Crippen molar-refractivity contribution in [2.75, 3.05) is 31.7 Å². The van der Waals surface area contributed by atoms with Crippen molar-refractivity contribution >= 4 is 52.6 Å². The summed E-state index contributed by atoms with van der Waals surface area (Å²) in [6.07, 6.45) is -0.196. The third kappa shape index (κ3) is 12.0. The number of amides is 1. The van der Waals surface area contributed by atoms with Crippen molar-refractivity contribution in [3.63, 3.8) is 0 Å². The Morgan fingerprint density at radius 1 is 0.589 bits per heavy atom. The first-order chi connectivity index (χ1) is 26.7. The first-order valence-electron chi connectivity index (χ1n) is 17.3. The number of aliphatic hydroxyl groups excluding tert-OH is 2. The number of ether oxygens (including phenoxy) is 4. The van der Waals surface area contributed by atoms with E-state index in [1.807, 2.05) is 0 Å². The lowest BCUT2D eigenvalue weighted by atomic mass is 10.1. The van der Waals surface area contributed by atoms with Crippen molar-refractivity contribution < 1.29 is 57.9 Å². The summed E-state index contributed by atoms with van der Waals surface area (Å²) in [5.41, 5.74) is -0.383. The summed E-state index contributed by atoms with van der Waals surface area (Å²) < 4.78 is 20.1. The number of nitrogens with one attached hydrogen (secondary N) is 1. The smallest absolute Gasteiger partial charge is 0.340 e. The molecule has 0 spiro atoms. The summed E-state index contributed by atoms with van der Waals surface area (Å²) in [6, 6.07) is 13.8. The maximum absolute atomic E-state index is 13.2. The molecule has 0 aliphatic heterocycles. The molecule has 0 unspecified atom stereocenters. The monoisotopic (exact) mass is 771 g/mol. The summed E-state index contributed by atoms with van der Waals surface area (Å²) in [5, 5.41) is 39.5. The predicted octanol–water partition coefficient (Wildman–Crippen LogP) is 7.59. The Morgan fingerprint density at radius 2 is 1.02 bits per heavy atom. The first kappa shape index (κ1) is 43.4. The number of allylic oxidation sites excluding steroid dienone is 3. The zero-order valence-corrected chi connectivity index (χ0v) is 31.6. The number of esters is 4. The van der Waals surface area contributed by atoms with Crippen LogP contribution in [0.2, 0.25) is 0 Å². The Bertz CT molecular complexity index is 2100. The highest BCUT2D eigenvalue weighted by Crippen LogP contribution is 2.27. The number of nitrogens with zero attached hydrogens (tertiary/aromatic N) is 4. The molecule has 0 heterocycles. The van der Waals surface area contributed by atoms with E-state index in [1.165, 1.54) is 67.6 Å².